The zero-order valence-corrected chi connectivity index (χ0v) is 32.3. The van der Waals surface area contributed by atoms with Crippen LogP contribution < -0.4 is 4.90 Å². The molecule has 3 heteroatoms. The first kappa shape index (κ1) is 33.9. The minimum atomic E-state index is -0.186. The van der Waals surface area contributed by atoms with Crippen LogP contribution in [0, 0.1) is 0 Å². The Balaban J connectivity index is 0.905. The smallest absolute Gasteiger partial charge is 0.135 e. The fourth-order valence-corrected chi connectivity index (χ4v) is 8.84. The molecule has 0 saturated heterocycles. The molecule has 0 unspecified atom stereocenters. The Kier molecular flexibility index (Phi) is 7.84. The average molecular weight is 746 g/mol. The van der Waals surface area contributed by atoms with Gasteiger partial charge in [0.05, 0.1) is 0 Å². The fraction of sp³-hybridized carbons (Fsp3) is 0.0545. The summed E-state index contributed by atoms with van der Waals surface area (Å²) in [5.41, 5.74) is 16.9. The van der Waals surface area contributed by atoms with Crippen LogP contribution in [0.4, 0.5) is 17.1 Å². The lowest BCUT2D eigenvalue weighted by molar-refractivity contribution is 0.596. The van der Waals surface area contributed by atoms with E-state index in [-0.39, 0.29) is 5.41 Å². The van der Waals surface area contributed by atoms with E-state index in [4.69, 9.17) is 8.83 Å². The highest BCUT2D eigenvalue weighted by Crippen LogP contribution is 2.52. The van der Waals surface area contributed by atoms with Crippen LogP contribution in [0.5, 0.6) is 0 Å². The maximum absolute atomic E-state index is 6.61. The first-order valence-corrected chi connectivity index (χ1v) is 19.9. The normalized spacial score (nSPS) is 12.8. The first-order valence-electron chi connectivity index (χ1n) is 19.9. The highest BCUT2D eigenvalue weighted by molar-refractivity contribution is 6.07. The molecule has 0 spiro atoms. The minimum Gasteiger partial charge on any atom is -0.456 e. The molecule has 58 heavy (non-hydrogen) atoms. The van der Waals surface area contributed by atoms with Gasteiger partial charge in [0.15, 0.2) is 0 Å². The molecule has 1 aliphatic carbocycles. The third-order valence-electron chi connectivity index (χ3n) is 11.9. The average Bonchev–Trinajstić information content (AvgIpc) is 3.98. The Morgan fingerprint density at radius 1 is 0.345 bits per heavy atom. The Hall–Kier alpha value is -7.36. The van der Waals surface area contributed by atoms with E-state index in [2.05, 4.69) is 207 Å². The summed E-state index contributed by atoms with van der Waals surface area (Å²) in [6.45, 7) is 4.62. The molecule has 0 atom stereocenters. The summed E-state index contributed by atoms with van der Waals surface area (Å²) >= 11 is 0. The third-order valence-corrected chi connectivity index (χ3v) is 11.9. The maximum Gasteiger partial charge on any atom is 0.135 e. The van der Waals surface area contributed by atoms with Crippen LogP contribution >= 0.6 is 0 Å². The monoisotopic (exact) mass is 745 g/mol. The molecule has 11 rings (SSSR count). The van der Waals surface area contributed by atoms with E-state index >= 15 is 0 Å². The molecule has 10 aromatic rings. The summed E-state index contributed by atoms with van der Waals surface area (Å²) in [7, 11) is 0. The van der Waals surface area contributed by atoms with Crippen molar-refractivity contribution in [2.75, 3.05) is 4.90 Å². The van der Waals surface area contributed by atoms with Crippen LogP contribution in [0.2, 0.25) is 0 Å². The van der Waals surface area contributed by atoms with Crippen LogP contribution in [0.25, 0.3) is 78.0 Å². The second-order valence-corrected chi connectivity index (χ2v) is 15.7. The number of benzene rings is 8. The number of para-hydroxylation sites is 1. The van der Waals surface area contributed by atoms with Gasteiger partial charge in [0.25, 0.3) is 0 Å². The molecule has 1 aliphatic rings. The Labute approximate surface area is 338 Å². The minimum absolute atomic E-state index is 0.186. The van der Waals surface area contributed by atoms with Crippen molar-refractivity contribution in [1.82, 2.24) is 0 Å². The van der Waals surface area contributed by atoms with Gasteiger partial charge < -0.3 is 13.7 Å². The van der Waals surface area contributed by atoms with E-state index in [9.17, 15) is 0 Å². The molecule has 0 fully saturated rings. The van der Waals surface area contributed by atoms with Crippen molar-refractivity contribution in [3.05, 3.63) is 211 Å². The zero-order valence-electron chi connectivity index (χ0n) is 32.3. The molecule has 0 amide bonds. The van der Waals surface area contributed by atoms with Gasteiger partial charge in [-0.15, -0.1) is 0 Å². The molecular weight excluding hydrogens is 707 g/mol. The van der Waals surface area contributed by atoms with E-state index in [0.717, 1.165) is 61.6 Å². The number of nitrogens with zero attached hydrogens (tertiary/aromatic N) is 1. The summed E-state index contributed by atoms with van der Waals surface area (Å²) in [6.07, 6.45) is 0. The number of anilines is 3. The van der Waals surface area contributed by atoms with Crippen molar-refractivity contribution in [1.29, 1.82) is 0 Å². The zero-order chi connectivity index (χ0) is 38.8. The van der Waals surface area contributed by atoms with Crippen LogP contribution in [0.3, 0.4) is 0 Å². The molecule has 0 saturated carbocycles. The van der Waals surface area contributed by atoms with Gasteiger partial charge in [-0.25, -0.2) is 0 Å². The number of rotatable bonds is 7. The maximum atomic E-state index is 6.61. The third kappa shape index (κ3) is 5.66. The summed E-state index contributed by atoms with van der Waals surface area (Å²) < 4.78 is 12.9. The van der Waals surface area contributed by atoms with Crippen molar-refractivity contribution >= 4 is 39.0 Å². The van der Waals surface area contributed by atoms with Gasteiger partial charge in [-0.1, -0.05) is 129 Å². The summed E-state index contributed by atoms with van der Waals surface area (Å²) in [6, 6.07) is 71.1. The molecule has 276 valence electrons. The summed E-state index contributed by atoms with van der Waals surface area (Å²) in [4.78, 5) is 2.31. The Bertz CT molecular complexity index is 3020. The number of fused-ring (bicyclic) bond motifs is 6. The fourth-order valence-electron chi connectivity index (χ4n) is 8.84. The van der Waals surface area contributed by atoms with Gasteiger partial charge in [-0.05, 0) is 129 Å². The Morgan fingerprint density at radius 3 is 1.43 bits per heavy atom. The van der Waals surface area contributed by atoms with Crippen LogP contribution in [0.15, 0.2) is 209 Å². The summed E-state index contributed by atoms with van der Waals surface area (Å²) in [5.74, 6) is 1.69. The van der Waals surface area contributed by atoms with Crippen molar-refractivity contribution in [2.45, 2.75) is 19.3 Å². The van der Waals surface area contributed by atoms with Crippen LogP contribution in [-0.2, 0) is 5.41 Å². The van der Waals surface area contributed by atoms with Gasteiger partial charge in [0.2, 0.25) is 0 Å². The van der Waals surface area contributed by atoms with Gasteiger partial charge in [-0.3, -0.25) is 0 Å². The number of hydrogen-bond donors (Lipinski definition) is 0. The molecule has 0 N–H and O–H groups in total. The van der Waals surface area contributed by atoms with Crippen molar-refractivity contribution in [3.8, 4) is 56.0 Å². The Morgan fingerprint density at radius 2 is 0.828 bits per heavy atom. The summed E-state index contributed by atoms with van der Waals surface area (Å²) in [5, 5.41) is 2.32. The van der Waals surface area contributed by atoms with E-state index in [1.165, 1.54) is 44.5 Å². The van der Waals surface area contributed by atoms with E-state index < -0.39 is 0 Å². The van der Waals surface area contributed by atoms with Crippen molar-refractivity contribution in [2.24, 2.45) is 0 Å². The first-order chi connectivity index (χ1) is 28.5. The SMILES string of the molecule is CC1(C)c2cc(-c3ccc(-c4ccc(N(c5ccc(-c6ccccc6)cc5)c5ccc(-c6ccccc6)cc5)cc4)o3)ccc2-c2cc3c(cc21)oc1ccccc13. The van der Waals surface area contributed by atoms with Gasteiger partial charge in [0, 0.05) is 44.4 Å². The standard InChI is InChI=1S/C55H39NO2/c1-55(2)49-33-41(23-30-45(49)47-34-48-46-15-9-10-16-53(46)58-54(48)35-50(47)55)52-32-31-51(57-52)40-21-28-44(29-22-40)56(42-24-17-38(18-25-42)36-11-5-3-6-12-36)43-26-19-39(20-27-43)37-13-7-4-8-14-37/h3-35H,1-2H3. The van der Waals surface area contributed by atoms with Gasteiger partial charge >= 0.3 is 0 Å². The topological polar surface area (TPSA) is 29.5 Å². The molecule has 3 nitrogen and oxygen atoms in total. The lowest BCUT2D eigenvalue weighted by atomic mass is 9.81. The van der Waals surface area contributed by atoms with E-state index in [0.29, 0.717) is 0 Å². The second kappa shape index (κ2) is 13.4. The number of hydrogen-bond acceptors (Lipinski definition) is 3. The highest BCUT2D eigenvalue weighted by atomic mass is 16.3. The lowest BCUT2D eigenvalue weighted by Gasteiger charge is -2.26. The molecule has 2 heterocycles. The van der Waals surface area contributed by atoms with Crippen LogP contribution in [0.1, 0.15) is 25.0 Å². The van der Waals surface area contributed by atoms with Gasteiger partial charge in [-0.2, -0.15) is 0 Å². The predicted octanol–water partition coefficient (Wildman–Crippen LogP) is 15.6. The molecule has 0 bridgehead atoms. The quantitative estimate of drug-likeness (QED) is 0.163. The molecular formula is C55H39NO2. The number of furan rings is 2. The van der Waals surface area contributed by atoms with Gasteiger partial charge in [0.1, 0.15) is 22.7 Å². The van der Waals surface area contributed by atoms with Crippen molar-refractivity contribution < 1.29 is 8.83 Å². The molecule has 0 radical (unpaired) electrons. The van der Waals surface area contributed by atoms with E-state index in [1.807, 2.05) is 12.1 Å². The highest BCUT2D eigenvalue weighted by Gasteiger charge is 2.36. The van der Waals surface area contributed by atoms with Crippen molar-refractivity contribution in [3.63, 3.8) is 0 Å². The largest absolute Gasteiger partial charge is 0.456 e. The molecule has 0 aliphatic heterocycles. The second-order valence-electron chi connectivity index (χ2n) is 15.7. The predicted molar refractivity (Wildman–Crippen MR) is 240 cm³/mol. The van der Waals surface area contributed by atoms with Crippen LogP contribution in [-0.4, -0.2) is 0 Å². The lowest BCUT2D eigenvalue weighted by Crippen LogP contribution is -2.14. The molecule has 8 aromatic carbocycles. The molecule has 2 aromatic heterocycles. The van der Waals surface area contributed by atoms with E-state index in [1.54, 1.807) is 0 Å².